The number of rotatable bonds is 8. The Labute approximate surface area is 181 Å². The first-order chi connectivity index (χ1) is 15.2. The Morgan fingerprint density at radius 2 is 1.94 bits per heavy atom. The van der Waals surface area contributed by atoms with E-state index < -0.39 is 0 Å². The van der Waals surface area contributed by atoms with Crippen molar-refractivity contribution in [3.8, 4) is 17.1 Å². The zero-order valence-electron chi connectivity index (χ0n) is 17.7. The highest BCUT2D eigenvalue weighted by Crippen LogP contribution is 2.20. The fourth-order valence-corrected chi connectivity index (χ4v) is 3.67. The number of aromatic nitrogens is 3. The van der Waals surface area contributed by atoms with E-state index in [9.17, 15) is 4.79 Å². The summed E-state index contributed by atoms with van der Waals surface area (Å²) in [7, 11) is 1.63. The molecular weight excluding hydrogens is 394 g/mol. The summed E-state index contributed by atoms with van der Waals surface area (Å²) in [6.07, 6.45) is 5.46. The zero-order chi connectivity index (χ0) is 21.5. The lowest BCUT2D eigenvalue weighted by molar-refractivity contribution is -0.133. The van der Waals surface area contributed by atoms with Gasteiger partial charge in [0, 0.05) is 63.5 Å². The molecule has 0 atom stereocenters. The Morgan fingerprint density at radius 1 is 1.13 bits per heavy atom. The fourth-order valence-electron chi connectivity index (χ4n) is 3.67. The first kappa shape index (κ1) is 21.0. The van der Waals surface area contributed by atoms with Crippen molar-refractivity contribution in [3.05, 3.63) is 60.2 Å². The number of nitrogens with zero attached hydrogens (tertiary/aromatic N) is 5. The first-order valence-corrected chi connectivity index (χ1v) is 10.6. The van der Waals surface area contributed by atoms with Gasteiger partial charge >= 0.3 is 0 Å². The predicted octanol–water partition coefficient (Wildman–Crippen LogP) is 2.81. The van der Waals surface area contributed by atoms with E-state index in [1.54, 1.807) is 13.3 Å². The highest BCUT2D eigenvalue weighted by molar-refractivity contribution is 5.76. The number of amides is 1. The largest absolute Gasteiger partial charge is 0.497 e. The molecule has 0 bridgehead atoms. The van der Waals surface area contributed by atoms with Crippen LogP contribution in [0, 0.1) is 0 Å². The molecule has 3 heterocycles. The average molecular weight is 422 g/mol. The molecule has 1 aliphatic rings. The second-order valence-electron chi connectivity index (χ2n) is 7.61. The molecule has 1 amide bonds. The van der Waals surface area contributed by atoms with Gasteiger partial charge in [0.1, 0.15) is 5.75 Å². The number of benzene rings is 1. The first-order valence-electron chi connectivity index (χ1n) is 10.6. The number of carbonyl (C=O) groups is 1. The van der Waals surface area contributed by atoms with Gasteiger partial charge < -0.3 is 14.2 Å². The van der Waals surface area contributed by atoms with Gasteiger partial charge in [0.15, 0.2) is 0 Å². The van der Waals surface area contributed by atoms with Gasteiger partial charge in [-0.25, -0.2) is 0 Å². The minimum atomic E-state index is 0.191. The van der Waals surface area contributed by atoms with E-state index in [0.717, 1.165) is 44.0 Å². The van der Waals surface area contributed by atoms with Crippen LogP contribution in [0.1, 0.15) is 24.3 Å². The highest BCUT2D eigenvalue weighted by Gasteiger charge is 2.21. The Kier molecular flexibility index (Phi) is 6.89. The van der Waals surface area contributed by atoms with E-state index in [1.807, 2.05) is 41.4 Å². The third kappa shape index (κ3) is 5.67. The number of hydrogen-bond donors (Lipinski definition) is 0. The molecule has 1 aromatic carbocycles. The topological polar surface area (TPSA) is 84.6 Å². The molecule has 31 heavy (non-hydrogen) atoms. The summed E-state index contributed by atoms with van der Waals surface area (Å²) in [5.74, 6) is 2.08. The van der Waals surface area contributed by atoms with Crippen LogP contribution in [0.2, 0.25) is 0 Å². The number of aryl methyl sites for hydroxylation is 1. The molecule has 3 aromatic rings. The molecule has 0 saturated carbocycles. The van der Waals surface area contributed by atoms with Gasteiger partial charge in [-0.3, -0.25) is 14.7 Å². The molecule has 1 saturated heterocycles. The number of piperazine rings is 1. The molecule has 8 heteroatoms. The lowest BCUT2D eigenvalue weighted by atomic mass is 10.2. The van der Waals surface area contributed by atoms with Crippen molar-refractivity contribution in [3.63, 3.8) is 0 Å². The smallest absolute Gasteiger partial charge is 0.226 e. The van der Waals surface area contributed by atoms with Gasteiger partial charge in [-0.1, -0.05) is 11.2 Å². The van der Waals surface area contributed by atoms with Gasteiger partial charge in [-0.05, 0) is 42.3 Å². The fraction of sp³-hybridized carbons (Fsp3) is 0.391. The van der Waals surface area contributed by atoms with Crippen LogP contribution in [-0.2, 0) is 17.8 Å². The van der Waals surface area contributed by atoms with Gasteiger partial charge in [0.05, 0.1) is 7.11 Å². The number of hydrogen-bond acceptors (Lipinski definition) is 7. The Morgan fingerprint density at radius 3 is 2.65 bits per heavy atom. The Hall–Kier alpha value is -3.26. The van der Waals surface area contributed by atoms with Crippen molar-refractivity contribution >= 4 is 5.91 Å². The van der Waals surface area contributed by atoms with Crippen LogP contribution in [0.25, 0.3) is 11.4 Å². The van der Waals surface area contributed by atoms with Gasteiger partial charge in [-0.15, -0.1) is 0 Å². The maximum Gasteiger partial charge on any atom is 0.226 e. The van der Waals surface area contributed by atoms with Crippen molar-refractivity contribution in [2.24, 2.45) is 0 Å². The van der Waals surface area contributed by atoms with E-state index in [-0.39, 0.29) is 5.91 Å². The molecule has 0 unspecified atom stereocenters. The van der Waals surface area contributed by atoms with Crippen molar-refractivity contribution < 1.29 is 14.1 Å². The van der Waals surface area contributed by atoms with Crippen LogP contribution in [0.15, 0.2) is 53.3 Å². The summed E-state index contributed by atoms with van der Waals surface area (Å²) in [6, 6.07) is 11.6. The summed E-state index contributed by atoms with van der Waals surface area (Å²) in [5, 5.41) is 4.04. The van der Waals surface area contributed by atoms with Crippen LogP contribution < -0.4 is 4.74 Å². The predicted molar refractivity (Wildman–Crippen MR) is 115 cm³/mol. The minimum Gasteiger partial charge on any atom is -0.497 e. The normalized spacial score (nSPS) is 14.5. The molecule has 8 nitrogen and oxygen atoms in total. The molecule has 1 aliphatic heterocycles. The zero-order valence-corrected chi connectivity index (χ0v) is 17.7. The summed E-state index contributed by atoms with van der Waals surface area (Å²) >= 11 is 0. The molecule has 0 aliphatic carbocycles. The van der Waals surface area contributed by atoms with Gasteiger partial charge in [0.2, 0.25) is 17.6 Å². The number of ether oxygens (including phenoxy) is 1. The van der Waals surface area contributed by atoms with Crippen LogP contribution in [0.4, 0.5) is 0 Å². The van der Waals surface area contributed by atoms with E-state index in [0.29, 0.717) is 31.0 Å². The quantitative estimate of drug-likeness (QED) is 0.553. The van der Waals surface area contributed by atoms with Crippen LogP contribution in [0.3, 0.4) is 0 Å². The molecular formula is C23H27N5O3. The monoisotopic (exact) mass is 421 g/mol. The van der Waals surface area contributed by atoms with Crippen molar-refractivity contribution in [1.82, 2.24) is 24.9 Å². The molecule has 0 spiro atoms. The highest BCUT2D eigenvalue weighted by atomic mass is 16.5. The number of methoxy groups -OCH3 is 1. The molecule has 2 aromatic heterocycles. The number of pyridine rings is 1. The van der Waals surface area contributed by atoms with Crippen molar-refractivity contribution in [2.45, 2.75) is 25.8 Å². The average Bonchev–Trinajstić information content (AvgIpc) is 3.29. The van der Waals surface area contributed by atoms with Gasteiger partial charge in [-0.2, -0.15) is 4.98 Å². The van der Waals surface area contributed by atoms with Gasteiger partial charge in [0.25, 0.3) is 0 Å². The molecule has 0 radical (unpaired) electrons. The molecule has 162 valence electrons. The van der Waals surface area contributed by atoms with Crippen LogP contribution in [0.5, 0.6) is 5.75 Å². The molecule has 4 rings (SSSR count). The summed E-state index contributed by atoms with van der Waals surface area (Å²) < 4.78 is 10.5. The summed E-state index contributed by atoms with van der Waals surface area (Å²) in [4.78, 5) is 25.5. The third-order valence-corrected chi connectivity index (χ3v) is 5.45. The van der Waals surface area contributed by atoms with E-state index in [4.69, 9.17) is 9.26 Å². The second kappa shape index (κ2) is 10.2. The second-order valence-corrected chi connectivity index (χ2v) is 7.61. The lowest BCUT2D eigenvalue weighted by Crippen LogP contribution is -2.48. The summed E-state index contributed by atoms with van der Waals surface area (Å²) in [6.45, 7) is 4.18. The number of carbonyl (C=O) groups excluding carboxylic acids is 1. The lowest BCUT2D eigenvalue weighted by Gasteiger charge is -2.34. The van der Waals surface area contributed by atoms with E-state index >= 15 is 0 Å². The Balaban J connectivity index is 1.19. The SMILES string of the molecule is COc1ccc(-c2noc(CCCC(=O)N3CCN(Cc4cccnc4)CC3)n2)cc1. The molecule has 1 fully saturated rings. The van der Waals surface area contributed by atoms with E-state index in [1.165, 1.54) is 5.56 Å². The van der Waals surface area contributed by atoms with Crippen molar-refractivity contribution in [1.29, 1.82) is 0 Å². The standard InChI is InChI=1S/C23H27N5O3/c1-30-20-9-7-19(8-10-20)23-25-21(31-26-23)5-2-6-22(29)28-14-12-27(13-15-28)17-18-4-3-11-24-16-18/h3-4,7-11,16H,2,5-6,12-15,17H2,1H3. The Bertz CT molecular complexity index is 966. The minimum absolute atomic E-state index is 0.191. The summed E-state index contributed by atoms with van der Waals surface area (Å²) in [5.41, 5.74) is 2.08. The maximum absolute atomic E-state index is 12.6. The molecule has 0 N–H and O–H groups in total. The third-order valence-electron chi connectivity index (χ3n) is 5.45. The maximum atomic E-state index is 12.6. The van der Waals surface area contributed by atoms with E-state index in [2.05, 4.69) is 26.1 Å². The van der Waals surface area contributed by atoms with Crippen LogP contribution >= 0.6 is 0 Å². The van der Waals surface area contributed by atoms with Crippen molar-refractivity contribution in [2.75, 3.05) is 33.3 Å². The van der Waals surface area contributed by atoms with Crippen LogP contribution in [-0.4, -0.2) is 64.1 Å².